The molecule has 0 saturated carbocycles. The Kier molecular flexibility index (Phi) is 5.40. The molecule has 0 saturated heterocycles. The van der Waals surface area contributed by atoms with Crippen molar-refractivity contribution in [1.29, 1.82) is 0 Å². The van der Waals surface area contributed by atoms with E-state index < -0.39 is 0 Å². The van der Waals surface area contributed by atoms with Crippen LogP contribution in [0.5, 0.6) is 0 Å². The molecular formula is C31H23BrN2. The molecule has 6 rings (SSSR count). The molecule has 0 radical (unpaired) electrons. The lowest BCUT2D eigenvalue weighted by molar-refractivity contribution is 0.970. The molecule has 2 nitrogen and oxygen atoms in total. The topological polar surface area (TPSA) is 8.17 Å². The number of benzene rings is 5. The molecule has 34 heavy (non-hydrogen) atoms. The van der Waals surface area contributed by atoms with Gasteiger partial charge >= 0.3 is 0 Å². The Balaban J connectivity index is 1.56. The Labute approximate surface area is 207 Å². The summed E-state index contributed by atoms with van der Waals surface area (Å²) in [5.74, 6) is 0. The summed E-state index contributed by atoms with van der Waals surface area (Å²) in [6, 6.07) is 45.2. The van der Waals surface area contributed by atoms with Gasteiger partial charge in [0.15, 0.2) is 0 Å². The highest BCUT2D eigenvalue weighted by Gasteiger charge is 2.16. The van der Waals surface area contributed by atoms with Gasteiger partial charge in [0.05, 0.1) is 11.0 Å². The van der Waals surface area contributed by atoms with E-state index in [4.69, 9.17) is 0 Å². The minimum atomic E-state index is 0.772. The van der Waals surface area contributed by atoms with E-state index in [0.717, 1.165) is 11.0 Å². The van der Waals surface area contributed by atoms with E-state index in [1.807, 2.05) is 0 Å². The van der Waals surface area contributed by atoms with Crippen molar-refractivity contribution in [2.45, 2.75) is 6.54 Å². The van der Waals surface area contributed by atoms with Crippen molar-refractivity contribution in [3.63, 3.8) is 0 Å². The van der Waals surface area contributed by atoms with Gasteiger partial charge in [-0.1, -0.05) is 88.7 Å². The largest absolute Gasteiger partial charge is 0.337 e. The van der Waals surface area contributed by atoms with Crippen LogP contribution in [0.4, 0.5) is 11.4 Å². The van der Waals surface area contributed by atoms with Crippen molar-refractivity contribution in [2.75, 3.05) is 4.90 Å². The van der Waals surface area contributed by atoms with Crippen LogP contribution in [-0.4, -0.2) is 4.57 Å². The number of anilines is 2. The molecule has 0 aliphatic heterocycles. The number of aromatic nitrogens is 1. The smallest absolute Gasteiger partial charge is 0.0542 e. The highest BCUT2D eigenvalue weighted by atomic mass is 79.9. The fourth-order valence-corrected chi connectivity index (χ4v) is 5.13. The monoisotopic (exact) mass is 502 g/mol. The molecule has 164 valence electrons. The van der Waals surface area contributed by atoms with Crippen molar-refractivity contribution in [3.05, 3.63) is 137 Å². The summed E-state index contributed by atoms with van der Waals surface area (Å²) < 4.78 is 3.48. The third-order valence-electron chi connectivity index (χ3n) is 6.34. The minimum absolute atomic E-state index is 0.772. The lowest BCUT2D eigenvalue weighted by Gasteiger charge is -2.26. The molecule has 0 fully saturated rings. The average Bonchev–Trinajstić information content (AvgIpc) is 3.23. The Morgan fingerprint density at radius 3 is 2.00 bits per heavy atom. The summed E-state index contributed by atoms with van der Waals surface area (Å²) >= 11 is 3.74. The zero-order chi connectivity index (χ0) is 22.9. The van der Waals surface area contributed by atoms with Crippen molar-refractivity contribution < 1.29 is 0 Å². The van der Waals surface area contributed by atoms with E-state index in [-0.39, 0.29) is 0 Å². The first-order valence-corrected chi connectivity index (χ1v) is 12.2. The van der Waals surface area contributed by atoms with Crippen molar-refractivity contribution in [2.24, 2.45) is 0 Å². The van der Waals surface area contributed by atoms with Gasteiger partial charge < -0.3 is 9.47 Å². The number of para-hydroxylation sites is 3. The number of rotatable bonds is 5. The molecule has 0 N–H and O–H groups in total. The maximum Gasteiger partial charge on any atom is 0.0542 e. The maximum atomic E-state index is 3.74. The van der Waals surface area contributed by atoms with Crippen LogP contribution in [0.25, 0.3) is 27.5 Å². The van der Waals surface area contributed by atoms with Gasteiger partial charge in [0, 0.05) is 38.9 Å². The Hall–Kier alpha value is -3.82. The quantitative estimate of drug-likeness (QED) is 0.228. The lowest BCUT2D eigenvalue weighted by atomic mass is 10.1. The summed E-state index contributed by atoms with van der Waals surface area (Å²) in [4.78, 5) is 2.38. The predicted octanol–water partition coefficient (Wildman–Crippen LogP) is 8.88. The SMILES string of the molecule is Brc1ccccc1CN(c1ccccc1)c1ccc2c(c1)c1ccccc1n2-c1ccccc1. The molecule has 5 aromatic carbocycles. The van der Waals surface area contributed by atoms with Crippen molar-refractivity contribution >= 4 is 49.1 Å². The molecule has 0 amide bonds. The Morgan fingerprint density at radius 2 is 1.21 bits per heavy atom. The molecule has 0 aliphatic rings. The van der Waals surface area contributed by atoms with Crippen LogP contribution in [0.3, 0.4) is 0 Å². The number of hydrogen-bond acceptors (Lipinski definition) is 1. The predicted molar refractivity (Wildman–Crippen MR) is 147 cm³/mol. The van der Waals surface area contributed by atoms with Crippen LogP contribution in [-0.2, 0) is 6.54 Å². The summed E-state index contributed by atoms with van der Waals surface area (Å²) in [5, 5.41) is 2.52. The van der Waals surface area contributed by atoms with Crippen LogP contribution in [0.2, 0.25) is 0 Å². The molecular weight excluding hydrogens is 480 g/mol. The van der Waals surface area contributed by atoms with Crippen molar-refractivity contribution in [1.82, 2.24) is 4.57 Å². The van der Waals surface area contributed by atoms with Gasteiger partial charge in [-0.25, -0.2) is 0 Å². The average molecular weight is 503 g/mol. The van der Waals surface area contributed by atoms with Gasteiger partial charge in [0.25, 0.3) is 0 Å². The highest BCUT2D eigenvalue weighted by Crippen LogP contribution is 2.37. The van der Waals surface area contributed by atoms with Crippen LogP contribution in [0.1, 0.15) is 5.56 Å². The van der Waals surface area contributed by atoms with Crippen LogP contribution in [0.15, 0.2) is 132 Å². The third kappa shape index (κ3) is 3.68. The summed E-state index contributed by atoms with van der Waals surface area (Å²) in [5.41, 5.74) is 7.20. The van der Waals surface area contributed by atoms with E-state index >= 15 is 0 Å². The fourth-order valence-electron chi connectivity index (χ4n) is 4.72. The van der Waals surface area contributed by atoms with Gasteiger partial charge in [-0.05, 0) is 60.2 Å². The van der Waals surface area contributed by atoms with E-state index in [9.17, 15) is 0 Å². The summed E-state index contributed by atoms with van der Waals surface area (Å²) in [7, 11) is 0. The molecule has 6 aromatic rings. The Bertz CT molecular complexity index is 1590. The van der Waals surface area contributed by atoms with E-state index in [1.165, 1.54) is 44.4 Å². The zero-order valence-electron chi connectivity index (χ0n) is 18.6. The number of fused-ring (bicyclic) bond motifs is 3. The van der Waals surface area contributed by atoms with Gasteiger partial charge in [-0.15, -0.1) is 0 Å². The molecule has 0 aliphatic carbocycles. The van der Waals surface area contributed by atoms with Crippen LogP contribution < -0.4 is 4.90 Å². The molecule has 0 atom stereocenters. The normalized spacial score (nSPS) is 11.2. The highest BCUT2D eigenvalue weighted by molar-refractivity contribution is 9.10. The fraction of sp³-hybridized carbons (Fsp3) is 0.0323. The number of hydrogen-bond donors (Lipinski definition) is 0. The third-order valence-corrected chi connectivity index (χ3v) is 7.11. The number of halogens is 1. The van der Waals surface area contributed by atoms with Gasteiger partial charge in [-0.3, -0.25) is 0 Å². The van der Waals surface area contributed by atoms with E-state index in [2.05, 4.69) is 153 Å². The van der Waals surface area contributed by atoms with Crippen LogP contribution >= 0.6 is 15.9 Å². The van der Waals surface area contributed by atoms with Gasteiger partial charge in [0.1, 0.15) is 0 Å². The second-order valence-corrected chi connectivity index (χ2v) is 9.26. The Morgan fingerprint density at radius 1 is 0.559 bits per heavy atom. The van der Waals surface area contributed by atoms with Crippen LogP contribution in [0, 0.1) is 0 Å². The molecule has 0 spiro atoms. The summed E-state index contributed by atoms with van der Waals surface area (Å²) in [6.45, 7) is 0.772. The standard InChI is InChI=1S/C31H23BrN2/c32-29-17-9-7-11-23(29)22-33(24-12-3-1-4-13-24)26-19-20-31-28(21-26)27-16-8-10-18-30(27)34(31)25-14-5-2-6-15-25/h1-21H,22H2. The lowest BCUT2D eigenvalue weighted by Crippen LogP contribution is -2.16. The first-order chi connectivity index (χ1) is 16.8. The number of nitrogens with zero attached hydrogens (tertiary/aromatic N) is 2. The van der Waals surface area contributed by atoms with E-state index in [0.29, 0.717) is 0 Å². The van der Waals surface area contributed by atoms with Gasteiger partial charge in [-0.2, -0.15) is 0 Å². The molecule has 3 heteroatoms. The summed E-state index contributed by atoms with van der Waals surface area (Å²) in [6.07, 6.45) is 0. The van der Waals surface area contributed by atoms with E-state index in [1.54, 1.807) is 0 Å². The first kappa shape index (κ1) is 20.8. The second kappa shape index (κ2) is 8.85. The second-order valence-electron chi connectivity index (χ2n) is 8.40. The maximum absolute atomic E-state index is 3.74. The molecule has 1 aromatic heterocycles. The minimum Gasteiger partial charge on any atom is -0.337 e. The molecule has 0 unspecified atom stereocenters. The van der Waals surface area contributed by atoms with Crippen molar-refractivity contribution in [3.8, 4) is 5.69 Å². The molecule has 0 bridgehead atoms. The zero-order valence-corrected chi connectivity index (χ0v) is 20.2. The molecule has 1 heterocycles. The first-order valence-electron chi connectivity index (χ1n) is 11.4. The van der Waals surface area contributed by atoms with Gasteiger partial charge in [0.2, 0.25) is 0 Å².